The van der Waals surface area contributed by atoms with E-state index in [1.807, 2.05) is 13.8 Å². The Hall–Kier alpha value is -0.870. The molecule has 0 fully saturated rings. The van der Waals surface area contributed by atoms with Crippen molar-refractivity contribution in [3.8, 4) is 0 Å². The first kappa shape index (κ1) is 14.2. The summed E-state index contributed by atoms with van der Waals surface area (Å²) in [5.74, 6) is 0.0440. The second-order valence-electron chi connectivity index (χ2n) is 3.96. The van der Waals surface area contributed by atoms with Gasteiger partial charge in [-0.25, -0.2) is 0 Å². The average molecular weight is 259 g/mol. The fraction of sp³-hybridized carbons (Fsp3) is 0.667. The zero-order chi connectivity index (χ0) is 13.0. The first-order valence-electron chi connectivity index (χ1n) is 5.80. The van der Waals surface area contributed by atoms with Crippen LogP contribution in [0.4, 0.5) is 0 Å². The lowest BCUT2D eigenvalue weighted by molar-refractivity contribution is -0.128. The molecule has 0 aliphatic heterocycles. The zero-order valence-electron chi connectivity index (χ0n) is 10.8. The fourth-order valence-corrected chi connectivity index (χ4v) is 2.18. The molecule has 0 amide bonds. The van der Waals surface area contributed by atoms with E-state index in [4.69, 9.17) is 16.3 Å². The molecule has 1 aromatic rings. The number of aromatic nitrogens is 2. The van der Waals surface area contributed by atoms with Gasteiger partial charge in [-0.1, -0.05) is 25.4 Å². The molecule has 1 aromatic heterocycles. The van der Waals surface area contributed by atoms with Crippen LogP contribution in [-0.4, -0.2) is 28.8 Å². The Balaban J connectivity index is 2.88. The number of Topliss-reactive ketones (excluding diaryl/α,β-unsaturated/α-hetero) is 1. The van der Waals surface area contributed by atoms with Crippen LogP contribution in [0.3, 0.4) is 0 Å². The number of nitrogens with zero attached hydrogens (tertiary/aromatic N) is 2. The van der Waals surface area contributed by atoms with Crippen molar-refractivity contribution in [3.05, 3.63) is 16.4 Å². The molecule has 0 saturated carbocycles. The van der Waals surface area contributed by atoms with Gasteiger partial charge < -0.3 is 4.74 Å². The van der Waals surface area contributed by atoms with E-state index in [2.05, 4.69) is 5.10 Å². The Labute approximate surface area is 107 Å². The largest absolute Gasteiger partial charge is 0.374 e. The molecule has 0 aliphatic rings. The predicted molar refractivity (Wildman–Crippen MR) is 67.4 cm³/mol. The molecule has 1 unspecified atom stereocenters. The number of hydrogen-bond acceptors (Lipinski definition) is 3. The normalized spacial score (nSPS) is 12.8. The number of ether oxygens (including phenoxy) is 1. The number of hydrogen-bond donors (Lipinski definition) is 0. The fourth-order valence-electron chi connectivity index (χ4n) is 1.82. The van der Waals surface area contributed by atoms with Crippen LogP contribution in [0.1, 0.15) is 31.7 Å². The maximum absolute atomic E-state index is 12.0. The number of halogens is 1. The van der Waals surface area contributed by atoms with Crippen LogP contribution < -0.4 is 0 Å². The van der Waals surface area contributed by atoms with Crippen LogP contribution in [0.2, 0.25) is 5.02 Å². The molecule has 1 atom stereocenters. The summed E-state index contributed by atoms with van der Waals surface area (Å²) in [4.78, 5) is 12.0. The number of aryl methyl sites for hydroxylation is 2. The lowest BCUT2D eigenvalue weighted by atomic mass is 10.1. The van der Waals surface area contributed by atoms with Crippen LogP contribution in [0.25, 0.3) is 0 Å². The van der Waals surface area contributed by atoms with E-state index in [-0.39, 0.29) is 18.3 Å². The minimum absolute atomic E-state index is 0.0440. The van der Waals surface area contributed by atoms with E-state index >= 15 is 0 Å². The molecule has 0 spiro atoms. The molecule has 0 N–H and O–H groups in total. The molecule has 0 aliphatic carbocycles. The van der Waals surface area contributed by atoms with Crippen LogP contribution in [-0.2, 0) is 29.4 Å². The van der Waals surface area contributed by atoms with Crippen LogP contribution in [0.15, 0.2) is 0 Å². The molecule has 0 saturated heterocycles. The molecular formula is C12H19ClN2O2. The quantitative estimate of drug-likeness (QED) is 0.786. The monoisotopic (exact) mass is 258 g/mol. The van der Waals surface area contributed by atoms with Gasteiger partial charge in [0.25, 0.3) is 0 Å². The summed E-state index contributed by atoms with van der Waals surface area (Å²) >= 11 is 6.19. The third-order valence-electron chi connectivity index (χ3n) is 2.86. The minimum Gasteiger partial charge on any atom is -0.374 e. The summed E-state index contributed by atoms with van der Waals surface area (Å²) < 4.78 is 6.81. The minimum atomic E-state index is -0.356. The van der Waals surface area contributed by atoms with Gasteiger partial charge in [0.05, 0.1) is 22.8 Å². The third kappa shape index (κ3) is 3.07. The number of methoxy groups -OCH3 is 1. The molecular weight excluding hydrogens is 240 g/mol. The van der Waals surface area contributed by atoms with Crippen molar-refractivity contribution in [2.75, 3.05) is 7.11 Å². The lowest BCUT2D eigenvalue weighted by Crippen LogP contribution is -2.24. The summed E-state index contributed by atoms with van der Waals surface area (Å²) in [6.07, 6.45) is 1.36. The first-order valence-corrected chi connectivity index (χ1v) is 6.18. The Kier molecular flexibility index (Phi) is 5.15. The topological polar surface area (TPSA) is 44.1 Å². The van der Waals surface area contributed by atoms with Gasteiger partial charge in [0.1, 0.15) is 6.10 Å². The third-order valence-corrected chi connectivity index (χ3v) is 3.30. The summed E-state index contributed by atoms with van der Waals surface area (Å²) in [5, 5.41) is 4.89. The molecule has 5 heteroatoms. The van der Waals surface area contributed by atoms with Crippen molar-refractivity contribution >= 4 is 17.4 Å². The molecule has 4 nitrogen and oxygen atoms in total. The van der Waals surface area contributed by atoms with Crippen molar-refractivity contribution in [2.24, 2.45) is 7.05 Å². The molecule has 96 valence electrons. The Morgan fingerprint density at radius 3 is 2.59 bits per heavy atom. The molecule has 1 heterocycles. The highest BCUT2D eigenvalue weighted by Crippen LogP contribution is 2.22. The van der Waals surface area contributed by atoms with Crippen LogP contribution in [0, 0.1) is 0 Å². The van der Waals surface area contributed by atoms with Gasteiger partial charge in [0.2, 0.25) is 0 Å². The van der Waals surface area contributed by atoms with Gasteiger partial charge in [-0.2, -0.15) is 5.10 Å². The van der Waals surface area contributed by atoms with Gasteiger partial charge in [-0.15, -0.1) is 0 Å². The number of rotatable bonds is 6. The summed E-state index contributed by atoms with van der Waals surface area (Å²) in [5.41, 5.74) is 1.60. The van der Waals surface area contributed by atoms with E-state index in [1.54, 1.807) is 18.8 Å². The van der Waals surface area contributed by atoms with Crippen molar-refractivity contribution in [1.82, 2.24) is 9.78 Å². The second kappa shape index (κ2) is 6.17. The second-order valence-corrected chi connectivity index (χ2v) is 4.34. The van der Waals surface area contributed by atoms with Crippen LogP contribution >= 0.6 is 11.6 Å². The van der Waals surface area contributed by atoms with E-state index in [1.165, 1.54) is 0 Å². The van der Waals surface area contributed by atoms with Gasteiger partial charge in [-0.05, 0) is 12.8 Å². The van der Waals surface area contributed by atoms with Gasteiger partial charge >= 0.3 is 0 Å². The molecule has 0 bridgehead atoms. The maximum atomic E-state index is 12.0. The predicted octanol–water partition coefficient (Wildman–Crippen LogP) is 2.17. The SMILES string of the molecule is CCc1nn(C)c(CC(=O)C(CC)OC)c1Cl. The van der Waals surface area contributed by atoms with Crippen LogP contribution in [0.5, 0.6) is 0 Å². The van der Waals surface area contributed by atoms with Gasteiger partial charge in [0.15, 0.2) is 5.78 Å². The maximum Gasteiger partial charge on any atom is 0.167 e. The highest BCUT2D eigenvalue weighted by molar-refractivity contribution is 6.32. The Morgan fingerprint density at radius 2 is 2.18 bits per heavy atom. The standard InChI is InChI=1S/C12H19ClN2O2/c1-5-8-12(13)9(15(3)14-8)7-10(16)11(6-2)17-4/h11H,5-7H2,1-4H3. The highest BCUT2D eigenvalue weighted by atomic mass is 35.5. The van der Waals surface area contributed by atoms with E-state index in [0.29, 0.717) is 11.4 Å². The smallest absolute Gasteiger partial charge is 0.167 e. The summed E-state index contributed by atoms with van der Waals surface area (Å²) in [6, 6.07) is 0. The van der Waals surface area contributed by atoms with Crippen molar-refractivity contribution < 1.29 is 9.53 Å². The van der Waals surface area contributed by atoms with Crippen molar-refractivity contribution in [1.29, 1.82) is 0 Å². The average Bonchev–Trinajstić information content (AvgIpc) is 2.58. The van der Waals surface area contributed by atoms with Gasteiger partial charge in [-0.3, -0.25) is 9.48 Å². The summed E-state index contributed by atoms with van der Waals surface area (Å²) in [7, 11) is 3.36. The van der Waals surface area contributed by atoms with Crippen molar-refractivity contribution in [2.45, 2.75) is 39.2 Å². The summed E-state index contributed by atoms with van der Waals surface area (Å²) in [6.45, 7) is 3.91. The molecule has 17 heavy (non-hydrogen) atoms. The van der Waals surface area contributed by atoms with E-state index in [0.717, 1.165) is 17.8 Å². The molecule has 0 radical (unpaired) electrons. The number of carbonyl (C=O) groups excluding carboxylic acids is 1. The molecule has 0 aromatic carbocycles. The lowest BCUT2D eigenvalue weighted by Gasteiger charge is -2.11. The first-order chi connectivity index (χ1) is 8.04. The highest BCUT2D eigenvalue weighted by Gasteiger charge is 2.21. The van der Waals surface area contributed by atoms with Crippen molar-refractivity contribution in [3.63, 3.8) is 0 Å². The van der Waals surface area contributed by atoms with Gasteiger partial charge in [0, 0.05) is 14.2 Å². The number of ketones is 1. The molecule has 1 rings (SSSR count). The number of carbonyl (C=O) groups is 1. The Morgan fingerprint density at radius 1 is 1.53 bits per heavy atom. The zero-order valence-corrected chi connectivity index (χ0v) is 11.5. The van der Waals surface area contributed by atoms with E-state index < -0.39 is 0 Å². The Bertz CT molecular complexity index is 397. The van der Waals surface area contributed by atoms with E-state index in [9.17, 15) is 4.79 Å².